The summed E-state index contributed by atoms with van der Waals surface area (Å²) >= 11 is 3.31. The number of anilines is 1. The number of esters is 1. The highest BCUT2D eigenvalue weighted by Crippen LogP contribution is 2.37. The van der Waals surface area contributed by atoms with E-state index in [0.717, 1.165) is 26.0 Å². The second-order valence-corrected chi connectivity index (χ2v) is 11.7. The number of nitrogens with zero attached hydrogens (tertiary/aromatic N) is 1. The maximum absolute atomic E-state index is 13.3. The van der Waals surface area contributed by atoms with E-state index in [1.54, 1.807) is 29.6 Å². The molecule has 1 aliphatic heterocycles. The first-order valence-corrected chi connectivity index (χ1v) is 13.6. The molecule has 0 fully saturated rings. The van der Waals surface area contributed by atoms with E-state index in [0.29, 0.717) is 12.1 Å². The predicted molar refractivity (Wildman–Crippen MR) is 134 cm³/mol. The number of carbonyl (C=O) groups is 2. The highest BCUT2D eigenvalue weighted by Gasteiger charge is 2.38. The standard InChI is InChI=1S/C23H21IN2O5S2/c24-17-7-9-18(10-8-17)25-21(27)15-31-22(28)14-20-19-5-2-1-4-16(19)11-12-26(20)33(29,30)23-6-3-13-32-23/h1-10,13,20H,11-12,14-15H2,(H,25,27). The smallest absolute Gasteiger partial charge is 0.308 e. The fourth-order valence-corrected chi connectivity index (χ4v) is 6.83. The Labute approximate surface area is 210 Å². The van der Waals surface area contributed by atoms with Crippen LogP contribution >= 0.6 is 33.9 Å². The number of benzene rings is 2. The Kier molecular flexibility index (Phi) is 7.47. The molecule has 7 nitrogen and oxygen atoms in total. The lowest BCUT2D eigenvalue weighted by atomic mass is 9.92. The van der Waals surface area contributed by atoms with Crippen molar-refractivity contribution in [1.82, 2.24) is 4.31 Å². The van der Waals surface area contributed by atoms with Crippen LogP contribution in [0.25, 0.3) is 0 Å². The van der Waals surface area contributed by atoms with Crippen LogP contribution in [0, 0.1) is 3.57 Å². The van der Waals surface area contributed by atoms with Gasteiger partial charge in [0.1, 0.15) is 4.21 Å². The van der Waals surface area contributed by atoms with Crippen molar-refractivity contribution in [3.63, 3.8) is 0 Å². The summed E-state index contributed by atoms with van der Waals surface area (Å²) in [6.45, 7) is -0.181. The Morgan fingerprint density at radius 2 is 1.85 bits per heavy atom. The van der Waals surface area contributed by atoms with Gasteiger partial charge in [0.25, 0.3) is 15.9 Å². The number of hydrogen-bond donors (Lipinski definition) is 1. The maximum Gasteiger partial charge on any atom is 0.308 e. The summed E-state index contributed by atoms with van der Waals surface area (Å²) < 4.78 is 34.4. The molecule has 0 saturated carbocycles. The minimum Gasteiger partial charge on any atom is -0.456 e. The van der Waals surface area contributed by atoms with Gasteiger partial charge >= 0.3 is 5.97 Å². The van der Waals surface area contributed by atoms with Crippen molar-refractivity contribution < 1.29 is 22.7 Å². The zero-order valence-electron chi connectivity index (χ0n) is 17.4. The number of thiophene rings is 1. The number of halogens is 1. The molecule has 1 N–H and O–H groups in total. The number of carbonyl (C=O) groups excluding carboxylic acids is 2. The van der Waals surface area contributed by atoms with Gasteiger partial charge in [-0.15, -0.1) is 11.3 Å². The molecule has 1 unspecified atom stereocenters. The number of amides is 1. The van der Waals surface area contributed by atoms with Crippen molar-refractivity contribution >= 4 is 61.5 Å². The Morgan fingerprint density at radius 1 is 1.09 bits per heavy atom. The molecule has 0 bridgehead atoms. The van der Waals surface area contributed by atoms with Gasteiger partial charge in [-0.1, -0.05) is 30.3 Å². The third kappa shape index (κ3) is 5.62. The normalized spacial score (nSPS) is 16.1. The molecule has 1 atom stereocenters. The number of sulfonamides is 1. The van der Waals surface area contributed by atoms with Crippen LogP contribution in [0.2, 0.25) is 0 Å². The van der Waals surface area contributed by atoms with Gasteiger partial charge in [0.2, 0.25) is 0 Å². The van der Waals surface area contributed by atoms with Crippen molar-refractivity contribution in [3.05, 3.63) is 80.7 Å². The van der Waals surface area contributed by atoms with Crippen molar-refractivity contribution in [2.75, 3.05) is 18.5 Å². The zero-order valence-corrected chi connectivity index (χ0v) is 21.2. The van der Waals surface area contributed by atoms with E-state index in [2.05, 4.69) is 27.9 Å². The fraction of sp³-hybridized carbons (Fsp3) is 0.217. The van der Waals surface area contributed by atoms with Crippen LogP contribution in [-0.4, -0.2) is 37.8 Å². The Morgan fingerprint density at radius 3 is 2.58 bits per heavy atom. The molecule has 0 aliphatic carbocycles. The van der Waals surface area contributed by atoms with Crippen LogP contribution in [0.1, 0.15) is 23.6 Å². The average Bonchev–Trinajstić information content (AvgIpc) is 3.35. The summed E-state index contributed by atoms with van der Waals surface area (Å²) in [7, 11) is -3.77. The second-order valence-electron chi connectivity index (χ2n) is 7.43. The summed E-state index contributed by atoms with van der Waals surface area (Å²) in [4.78, 5) is 24.8. The van der Waals surface area contributed by atoms with E-state index in [1.807, 2.05) is 36.4 Å². The highest BCUT2D eigenvalue weighted by atomic mass is 127. The Bertz CT molecular complexity index is 1240. The topological polar surface area (TPSA) is 92.8 Å². The van der Waals surface area contributed by atoms with E-state index in [1.165, 1.54) is 4.31 Å². The van der Waals surface area contributed by atoms with Crippen molar-refractivity contribution in [2.45, 2.75) is 23.1 Å². The summed E-state index contributed by atoms with van der Waals surface area (Å²) in [6, 6.07) is 17.3. The summed E-state index contributed by atoms with van der Waals surface area (Å²) in [5, 5.41) is 4.38. The first-order chi connectivity index (χ1) is 15.8. The lowest BCUT2D eigenvalue weighted by Gasteiger charge is -2.35. The van der Waals surface area contributed by atoms with Gasteiger partial charge in [-0.25, -0.2) is 8.42 Å². The lowest BCUT2D eigenvalue weighted by Crippen LogP contribution is -2.41. The monoisotopic (exact) mass is 596 g/mol. The molecular formula is C23H21IN2O5S2. The molecule has 172 valence electrons. The van der Waals surface area contributed by atoms with E-state index < -0.39 is 34.5 Å². The predicted octanol–water partition coefficient (Wildman–Crippen LogP) is 4.21. The number of rotatable bonds is 7. The summed E-state index contributed by atoms with van der Waals surface area (Å²) in [5.41, 5.74) is 2.39. The summed E-state index contributed by atoms with van der Waals surface area (Å²) in [6.07, 6.45) is 0.378. The van der Waals surface area contributed by atoms with Gasteiger partial charge in [0, 0.05) is 15.8 Å². The fourth-order valence-electron chi connectivity index (χ4n) is 3.75. The molecule has 3 aromatic rings. The Hall–Kier alpha value is -2.28. The molecule has 2 heterocycles. The van der Waals surface area contributed by atoms with Crippen LogP contribution in [0.15, 0.2) is 70.3 Å². The van der Waals surface area contributed by atoms with Crippen molar-refractivity contribution in [2.24, 2.45) is 0 Å². The molecule has 1 aliphatic rings. The largest absolute Gasteiger partial charge is 0.456 e. The highest BCUT2D eigenvalue weighted by molar-refractivity contribution is 14.1. The number of fused-ring (bicyclic) bond motifs is 1. The molecule has 0 spiro atoms. The van der Waals surface area contributed by atoms with E-state index in [4.69, 9.17) is 4.74 Å². The van der Waals surface area contributed by atoms with Crippen LogP contribution in [0.3, 0.4) is 0 Å². The first-order valence-electron chi connectivity index (χ1n) is 10.2. The second kappa shape index (κ2) is 10.3. The van der Waals surface area contributed by atoms with E-state index in [9.17, 15) is 18.0 Å². The summed E-state index contributed by atoms with van der Waals surface area (Å²) in [5.74, 6) is -1.10. The molecule has 2 aromatic carbocycles. The Balaban J connectivity index is 1.46. The quantitative estimate of drug-likeness (QED) is 0.326. The molecule has 1 aromatic heterocycles. The lowest BCUT2D eigenvalue weighted by molar-refractivity contribution is -0.148. The number of nitrogens with one attached hydrogen (secondary N) is 1. The molecule has 4 rings (SSSR count). The van der Waals surface area contributed by atoms with Crippen LogP contribution < -0.4 is 5.32 Å². The third-order valence-corrected chi connectivity index (χ3v) is 9.27. The van der Waals surface area contributed by atoms with Gasteiger partial charge < -0.3 is 10.1 Å². The van der Waals surface area contributed by atoms with E-state index in [-0.39, 0.29) is 17.2 Å². The van der Waals surface area contributed by atoms with Gasteiger partial charge in [0.05, 0.1) is 12.5 Å². The van der Waals surface area contributed by atoms with Crippen LogP contribution in [0.4, 0.5) is 5.69 Å². The molecule has 0 saturated heterocycles. The molecular weight excluding hydrogens is 575 g/mol. The third-order valence-electron chi connectivity index (χ3n) is 5.27. The van der Waals surface area contributed by atoms with E-state index >= 15 is 0 Å². The van der Waals surface area contributed by atoms with Gasteiger partial charge in [-0.2, -0.15) is 4.31 Å². The van der Waals surface area contributed by atoms with Crippen LogP contribution in [-0.2, 0) is 30.8 Å². The molecule has 0 radical (unpaired) electrons. The van der Waals surface area contributed by atoms with Crippen molar-refractivity contribution in [1.29, 1.82) is 0 Å². The average molecular weight is 596 g/mol. The van der Waals surface area contributed by atoms with Gasteiger partial charge in [0.15, 0.2) is 6.61 Å². The first kappa shape index (κ1) is 23.9. The SMILES string of the molecule is O=C(COC(=O)CC1c2ccccc2CCN1S(=O)(=O)c1cccs1)Nc1ccc(I)cc1. The maximum atomic E-state index is 13.3. The number of hydrogen-bond acceptors (Lipinski definition) is 6. The van der Waals surface area contributed by atoms with Gasteiger partial charge in [-0.05, 0) is 75.9 Å². The number of ether oxygens (including phenoxy) is 1. The minimum atomic E-state index is -3.77. The van der Waals surface area contributed by atoms with Crippen LogP contribution in [0.5, 0.6) is 0 Å². The van der Waals surface area contributed by atoms with Crippen molar-refractivity contribution in [3.8, 4) is 0 Å². The molecule has 10 heteroatoms. The zero-order chi connectivity index (χ0) is 23.4. The molecule has 33 heavy (non-hydrogen) atoms. The minimum absolute atomic E-state index is 0.182. The van der Waals surface area contributed by atoms with Gasteiger partial charge in [-0.3, -0.25) is 9.59 Å². The molecule has 1 amide bonds.